The summed E-state index contributed by atoms with van der Waals surface area (Å²) in [7, 11) is 0. The number of aromatic nitrogens is 1. The third kappa shape index (κ3) is 3.90. The van der Waals surface area contributed by atoms with E-state index in [1.54, 1.807) is 11.3 Å². The number of benzene rings is 3. The molecule has 1 N–H and O–H groups in total. The molecule has 0 spiro atoms. The third-order valence-corrected chi connectivity index (χ3v) is 8.17. The number of amides is 3. The zero-order valence-electron chi connectivity index (χ0n) is 19.3. The maximum atomic E-state index is 14.0. The minimum absolute atomic E-state index is 0.105. The van der Waals surface area contributed by atoms with Crippen LogP contribution >= 0.6 is 11.3 Å². The number of rotatable bonds is 6. The molecular weight excluding hydrogens is 456 g/mol. The highest BCUT2D eigenvalue weighted by Crippen LogP contribution is 2.38. The van der Waals surface area contributed by atoms with Gasteiger partial charge in [0.05, 0.1) is 22.9 Å². The van der Waals surface area contributed by atoms with Gasteiger partial charge in [0.1, 0.15) is 5.01 Å². The van der Waals surface area contributed by atoms with Crippen molar-refractivity contribution in [3.8, 4) is 0 Å². The molecule has 2 atom stereocenters. The Hall–Kier alpha value is -3.55. The summed E-state index contributed by atoms with van der Waals surface area (Å²) in [5.74, 6) is -0.201. The lowest BCUT2D eigenvalue weighted by atomic mass is 9.83. The quantitative estimate of drug-likeness (QED) is 0.389. The Bertz CT molecular complexity index is 1340. The Morgan fingerprint density at radius 1 is 0.943 bits per heavy atom. The van der Waals surface area contributed by atoms with Gasteiger partial charge in [-0.05, 0) is 36.1 Å². The highest BCUT2D eigenvalue weighted by Gasteiger charge is 2.53. The summed E-state index contributed by atoms with van der Waals surface area (Å²) < 4.78 is 1.16. The van der Waals surface area contributed by atoms with E-state index in [0.29, 0.717) is 6.42 Å². The molecule has 4 aromatic rings. The second kappa shape index (κ2) is 8.91. The molecule has 6 nitrogen and oxygen atoms in total. The van der Waals surface area contributed by atoms with Crippen LogP contribution in [0.25, 0.3) is 10.2 Å². The minimum atomic E-state index is -1.12. The molecule has 3 aromatic carbocycles. The Morgan fingerprint density at radius 3 is 2.43 bits per heavy atom. The SMILES string of the molecule is O=C1N[C@@](Cc2ccccc2)(c2ccccc2)C(=O)N1CN1CCC[C@@H]1c1nc2ccccc2s1. The number of thiazole rings is 1. The molecular formula is C28H26N4O2S. The first kappa shape index (κ1) is 21.9. The predicted molar refractivity (Wildman–Crippen MR) is 137 cm³/mol. The molecule has 3 amide bonds. The lowest BCUT2D eigenvalue weighted by Gasteiger charge is -2.29. The van der Waals surface area contributed by atoms with Crippen LogP contribution in [0.2, 0.25) is 0 Å². The van der Waals surface area contributed by atoms with Crippen molar-refractivity contribution in [3.63, 3.8) is 0 Å². The van der Waals surface area contributed by atoms with Crippen LogP contribution in [0.1, 0.15) is 35.0 Å². The first-order valence-electron chi connectivity index (χ1n) is 12.0. The predicted octanol–water partition coefficient (Wildman–Crippen LogP) is 5.08. The van der Waals surface area contributed by atoms with Crippen molar-refractivity contribution in [2.75, 3.05) is 13.2 Å². The molecule has 2 aliphatic heterocycles. The fourth-order valence-electron chi connectivity index (χ4n) is 5.29. The molecule has 2 aliphatic rings. The summed E-state index contributed by atoms with van der Waals surface area (Å²) in [6.07, 6.45) is 2.38. The molecule has 35 heavy (non-hydrogen) atoms. The lowest BCUT2D eigenvalue weighted by Crippen LogP contribution is -2.47. The molecule has 1 aromatic heterocycles. The summed E-state index contributed by atoms with van der Waals surface area (Å²) in [6, 6.07) is 27.4. The number of fused-ring (bicyclic) bond motifs is 1. The Kier molecular flexibility index (Phi) is 5.59. The highest BCUT2D eigenvalue weighted by atomic mass is 32.1. The van der Waals surface area contributed by atoms with Crippen molar-refractivity contribution < 1.29 is 9.59 Å². The van der Waals surface area contributed by atoms with E-state index < -0.39 is 5.54 Å². The molecule has 176 valence electrons. The fourth-order valence-corrected chi connectivity index (χ4v) is 6.42. The van der Waals surface area contributed by atoms with E-state index in [1.165, 1.54) is 4.90 Å². The van der Waals surface area contributed by atoms with E-state index in [2.05, 4.69) is 16.3 Å². The summed E-state index contributed by atoms with van der Waals surface area (Å²) in [5.41, 5.74) is 1.68. The second-order valence-corrected chi connectivity index (χ2v) is 10.3. The van der Waals surface area contributed by atoms with E-state index in [0.717, 1.165) is 45.7 Å². The van der Waals surface area contributed by atoms with Crippen LogP contribution in [0.4, 0.5) is 4.79 Å². The van der Waals surface area contributed by atoms with Gasteiger partial charge in [-0.3, -0.25) is 9.69 Å². The van der Waals surface area contributed by atoms with Crippen molar-refractivity contribution in [2.24, 2.45) is 0 Å². The van der Waals surface area contributed by atoms with E-state index in [4.69, 9.17) is 4.98 Å². The van der Waals surface area contributed by atoms with Crippen LogP contribution in [-0.4, -0.2) is 39.9 Å². The number of nitrogens with one attached hydrogen (secondary N) is 1. The van der Waals surface area contributed by atoms with Gasteiger partial charge >= 0.3 is 6.03 Å². The fraction of sp³-hybridized carbons (Fsp3) is 0.250. The Morgan fingerprint density at radius 2 is 1.66 bits per heavy atom. The largest absolute Gasteiger partial charge is 0.326 e. The number of hydrogen-bond donors (Lipinski definition) is 1. The average Bonchev–Trinajstić information content (AvgIpc) is 3.59. The van der Waals surface area contributed by atoms with Crippen LogP contribution in [0, 0.1) is 0 Å². The number of nitrogens with zero attached hydrogens (tertiary/aromatic N) is 3. The average molecular weight is 483 g/mol. The molecule has 6 rings (SSSR count). The van der Waals surface area contributed by atoms with Gasteiger partial charge < -0.3 is 5.32 Å². The smallest absolute Gasteiger partial charge is 0.319 e. The van der Waals surface area contributed by atoms with Gasteiger partial charge in [0, 0.05) is 13.0 Å². The first-order valence-corrected chi connectivity index (χ1v) is 12.8. The van der Waals surface area contributed by atoms with Crippen LogP contribution in [-0.2, 0) is 16.8 Å². The topological polar surface area (TPSA) is 65.5 Å². The number of likely N-dealkylation sites (tertiary alicyclic amines) is 1. The number of carbonyl (C=O) groups is 2. The van der Waals surface area contributed by atoms with Crippen LogP contribution in [0.5, 0.6) is 0 Å². The monoisotopic (exact) mass is 482 g/mol. The van der Waals surface area contributed by atoms with Gasteiger partial charge in [-0.1, -0.05) is 72.8 Å². The standard InChI is InChI=1S/C28H26N4O2S/c33-26-28(21-12-5-2-6-13-21,18-20-10-3-1-4-11-20)30-27(34)32(26)19-31-17-9-15-23(31)25-29-22-14-7-8-16-24(22)35-25/h1-8,10-14,16,23H,9,15,17-19H2,(H,30,34)/t23-,28+/m1/s1. The lowest BCUT2D eigenvalue weighted by molar-refractivity contribution is -0.133. The Labute approximate surface area is 208 Å². The van der Waals surface area contributed by atoms with Crippen LogP contribution in [0.3, 0.4) is 0 Å². The van der Waals surface area contributed by atoms with Crippen molar-refractivity contribution in [1.82, 2.24) is 20.1 Å². The van der Waals surface area contributed by atoms with Gasteiger partial charge in [0.25, 0.3) is 5.91 Å². The van der Waals surface area contributed by atoms with Gasteiger partial charge in [0.15, 0.2) is 5.54 Å². The van der Waals surface area contributed by atoms with Gasteiger partial charge in [-0.15, -0.1) is 11.3 Å². The number of hydrogen-bond acceptors (Lipinski definition) is 5. The third-order valence-electron chi connectivity index (χ3n) is 7.04. The Balaban J connectivity index is 1.30. The van der Waals surface area contributed by atoms with Crippen molar-refractivity contribution in [2.45, 2.75) is 30.8 Å². The molecule has 2 fully saturated rings. The minimum Gasteiger partial charge on any atom is -0.319 e. The zero-order chi connectivity index (χ0) is 23.8. The molecule has 0 radical (unpaired) electrons. The van der Waals surface area contributed by atoms with Gasteiger partial charge in [-0.25, -0.2) is 14.7 Å². The highest BCUT2D eigenvalue weighted by molar-refractivity contribution is 7.18. The van der Waals surface area contributed by atoms with E-state index in [9.17, 15) is 9.59 Å². The van der Waals surface area contributed by atoms with Crippen LogP contribution < -0.4 is 5.32 Å². The van der Waals surface area contributed by atoms with Crippen molar-refractivity contribution >= 4 is 33.5 Å². The van der Waals surface area contributed by atoms with E-state index in [1.807, 2.05) is 78.9 Å². The number of urea groups is 1. The molecule has 0 bridgehead atoms. The van der Waals surface area contributed by atoms with Crippen molar-refractivity contribution in [3.05, 3.63) is 101 Å². The first-order chi connectivity index (χ1) is 17.1. The number of imide groups is 1. The summed E-state index contributed by atoms with van der Waals surface area (Å²) in [5, 5.41) is 4.13. The molecule has 0 aliphatic carbocycles. The molecule has 3 heterocycles. The molecule has 2 saturated heterocycles. The van der Waals surface area contributed by atoms with Gasteiger partial charge in [0.2, 0.25) is 0 Å². The number of para-hydroxylation sites is 1. The summed E-state index contributed by atoms with van der Waals surface area (Å²) in [6.45, 7) is 1.09. The maximum Gasteiger partial charge on any atom is 0.326 e. The second-order valence-electron chi connectivity index (χ2n) is 9.23. The number of carbonyl (C=O) groups excluding carboxylic acids is 2. The summed E-state index contributed by atoms with van der Waals surface area (Å²) >= 11 is 1.70. The normalized spacial score (nSPS) is 22.7. The zero-order valence-corrected chi connectivity index (χ0v) is 20.1. The summed E-state index contributed by atoms with van der Waals surface area (Å²) in [4.78, 5) is 35.8. The van der Waals surface area contributed by atoms with E-state index >= 15 is 0 Å². The molecule has 7 heteroatoms. The molecule has 0 saturated carbocycles. The van der Waals surface area contributed by atoms with Crippen LogP contribution in [0.15, 0.2) is 84.9 Å². The van der Waals surface area contributed by atoms with E-state index in [-0.39, 0.29) is 24.6 Å². The maximum absolute atomic E-state index is 14.0. The van der Waals surface area contributed by atoms with Gasteiger partial charge in [-0.2, -0.15) is 0 Å². The van der Waals surface area contributed by atoms with Crippen molar-refractivity contribution in [1.29, 1.82) is 0 Å². The molecule has 0 unspecified atom stereocenters.